The number of aryl methyl sites for hydroxylation is 1. The van der Waals surface area contributed by atoms with Gasteiger partial charge in [0, 0.05) is 10.4 Å². The molecule has 0 radical (unpaired) electrons. The summed E-state index contributed by atoms with van der Waals surface area (Å²) >= 11 is 13.6. The van der Waals surface area contributed by atoms with E-state index >= 15 is 0 Å². The Morgan fingerprint density at radius 3 is 2.81 bits per heavy atom. The Morgan fingerprint density at radius 2 is 2.10 bits per heavy atom. The van der Waals surface area contributed by atoms with Crippen LogP contribution < -0.4 is 5.73 Å². The summed E-state index contributed by atoms with van der Waals surface area (Å²) in [5, 5.41) is 7.71. The first-order chi connectivity index (χ1) is 10.0. The van der Waals surface area contributed by atoms with E-state index in [1.807, 2.05) is 12.3 Å². The Hall–Kier alpha value is -1.63. The topological polar surface area (TPSA) is 77.8 Å². The van der Waals surface area contributed by atoms with Gasteiger partial charge < -0.3 is 10.3 Å². The first-order valence-electron chi connectivity index (χ1n) is 6.01. The molecule has 1 aromatic carbocycles. The summed E-state index contributed by atoms with van der Waals surface area (Å²) in [6.07, 6.45) is 0.502. The smallest absolute Gasteiger partial charge is 0.260 e. The van der Waals surface area contributed by atoms with E-state index in [4.69, 9.17) is 33.5 Å². The van der Waals surface area contributed by atoms with Crippen molar-refractivity contribution in [2.45, 2.75) is 13.3 Å². The Kier molecular flexibility index (Phi) is 3.84. The van der Waals surface area contributed by atoms with Crippen LogP contribution in [0.25, 0.3) is 11.5 Å². The van der Waals surface area contributed by atoms with Gasteiger partial charge >= 0.3 is 0 Å². The molecule has 0 atom stereocenters. The summed E-state index contributed by atoms with van der Waals surface area (Å²) in [4.78, 5) is 8.68. The van der Waals surface area contributed by atoms with Gasteiger partial charge in [-0.05, 0) is 19.1 Å². The van der Waals surface area contributed by atoms with E-state index in [1.165, 1.54) is 0 Å². The Labute approximate surface area is 134 Å². The van der Waals surface area contributed by atoms with Gasteiger partial charge in [0.05, 0.1) is 33.4 Å². The summed E-state index contributed by atoms with van der Waals surface area (Å²) in [5.74, 6) is 0.824. The minimum Gasteiger partial charge on any atom is -0.397 e. The van der Waals surface area contributed by atoms with Crippen molar-refractivity contribution in [1.82, 2.24) is 15.1 Å². The molecule has 0 fully saturated rings. The fraction of sp³-hybridized carbons (Fsp3) is 0.154. The zero-order chi connectivity index (χ0) is 15.0. The molecule has 8 heteroatoms. The number of nitrogens with zero attached hydrogens (tertiary/aromatic N) is 3. The molecule has 2 aromatic heterocycles. The molecule has 0 aliphatic carbocycles. The number of rotatable bonds is 3. The normalized spacial score (nSPS) is 11.0. The number of anilines is 1. The zero-order valence-electron chi connectivity index (χ0n) is 10.9. The summed E-state index contributed by atoms with van der Waals surface area (Å²) < 4.78 is 5.24. The van der Waals surface area contributed by atoms with E-state index < -0.39 is 0 Å². The van der Waals surface area contributed by atoms with Gasteiger partial charge in [0.1, 0.15) is 0 Å². The largest absolute Gasteiger partial charge is 0.397 e. The molecule has 0 aliphatic heterocycles. The minimum atomic E-state index is 0.291. The molecule has 0 unspecified atom stereocenters. The molecule has 0 spiro atoms. The van der Waals surface area contributed by atoms with Crippen molar-refractivity contribution in [3.05, 3.63) is 44.1 Å². The average molecular weight is 341 g/mol. The van der Waals surface area contributed by atoms with Crippen molar-refractivity contribution < 1.29 is 4.52 Å². The van der Waals surface area contributed by atoms with Crippen LogP contribution in [-0.2, 0) is 6.42 Å². The highest BCUT2D eigenvalue weighted by molar-refractivity contribution is 7.09. The molecular formula is C13H10Cl2N4OS. The van der Waals surface area contributed by atoms with Crippen LogP contribution in [0.4, 0.5) is 5.69 Å². The highest BCUT2D eigenvalue weighted by atomic mass is 35.5. The molecule has 108 valence electrons. The van der Waals surface area contributed by atoms with E-state index in [-0.39, 0.29) is 0 Å². The van der Waals surface area contributed by atoms with Gasteiger partial charge in [-0.2, -0.15) is 4.98 Å². The van der Waals surface area contributed by atoms with Crippen molar-refractivity contribution >= 4 is 40.2 Å². The first kappa shape index (κ1) is 14.3. The van der Waals surface area contributed by atoms with Gasteiger partial charge in [-0.1, -0.05) is 28.4 Å². The molecule has 2 heterocycles. The third-order valence-corrected chi connectivity index (χ3v) is 4.15. The van der Waals surface area contributed by atoms with Crippen LogP contribution in [0, 0.1) is 6.92 Å². The Bertz CT molecular complexity index is 799. The maximum Gasteiger partial charge on any atom is 0.260 e. The van der Waals surface area contributed by atoms with Gasteiger partial charge in [0.2, 0.25) is 0 Å². The lowest BCUT2D eigenvalue weighted by molar-refractivity contribution is 0.424. The number of hydrogen-bond acceptors (Lipinski definition) is 6. The molecule has 0 saturated heterocycles. The molecule has 3 aromatic rings. The number of benzene rings is 1. The van der Waals surface area contributed by atoms with Crippen LogP contribution in [-0.4, -0.2) is 15.1 Å². The number of nitrogen functional groups attached to an aromatic ring is 1. The fourth-order valence-electron chi connectivity index (χ4n) is 1.85. The standard InChI is InChI=1S/C13H10Cl2N4OS/c1-6-17-8(5-21-6)4-11-18-13(20-19-11)9-2-7(14)3-10(15)12(9)16/h2-3,5H,4,16H2,1H3. The molecule has 0 bridgehead atoms. The van der Waals surface area contributed by atoms with Gasteiger partial charge in [0.15, 0.2) is 5.82 Å². The molecule has 2 N–H and O–H groups in total. The van der Waals surface area contributed by atoms with Gasteiger partial charge in [-0.25, -0.2) is 4.98 Å². The number of nitrogens with two attached hydrogens (primary N) is 1. The molecular weight excluding hydrogens is 331 g/mol. The fourth-order valence-corrected chi connectivity index (χ4v) is 2.95. The quantitative estimate of drug-likeness (QED) is 0.729. The van der Waals surface area contributed by atoms with Gasteiger partial charge in [-0.15, -0.1) is 11.3 Å². The summed E-state index contributed by atoms with van der Waals surface area (Å²) in [6.45, 7) is 1.95. The lowest BCUT2D eigenvalue weighted by Crippen LogP contribution is -1.93. The predicted octanol–water partition coefficient (Wildman–Crippen LogP) is 3.98. The molecule has 0 amide bonds. The maximum absolute atomic E-state index is 6.00. The third-order valence-electron chi connectivity index (χ3n) is 2.80. The summed E-state index contributed by atoms with van der Waals surface area (Å²) in [5.41, 5.74) is 7.71. The van der Waals surface area contributed by atoms with E-state index in [9.17, 15) is 0 Å². The minimum absolute atomic E-state index is 0.291. The van der Waals surface area contributed by atoms with Crippen LogP contribution in [0.1, 0.15) is 16.5 Å². The van der Waals surface area contributed by atoms with Crippen LogP contribution in [0.5, 0.6) is 0 Å². The van der Waals surface area contributed by atoms with Gasteiger partial charge in [-0.3, -0.25) is 0 Å². The highest BCUT2D eigenvalue weighted by Gasteiger charge is 2.15. The molecule has 0 saturated carbocycles. The SMILES string of the molecule is Cc1nc(Cc2noc(-c3cc(Cl)cc(Cl)c3N)n2)cs1. The van der Waals surface area contributed by atoms with E-state index in [1.54, 1.807) is 23.5 Å². The molecule has 3 rings (SSSR count). The van der Waals surface area contributed by atoms with E-state index in [0.29, 0.717) is 39.4 Å². The molecule has 0 aliphatic rings. The van der Waals surface area contributed by atoms with Crippen LogP contribution in [0.3, 0.4) is 0 Å². The molecule has 21 heavy (non-hydrogen) atoms. The van der Waals surface area contributed by atoms with E-state index in [0.717, 1.165) is 10.7 Å². The summed E-state index contributed by atoms with van der Waals surface area (Å²) in [6, 6.07) is 3.21. The van der Waals surface area contributed by atoms with Crippen molar-refractivity contribution in [2.75, 3.05) is 5.73 Å². The van der Waals surface area contributed by atoms with Crippen molar-refractivity contribution in [2.24, 2.45) is 0 Å². The number of thiazole rings is 1. The maximum atomic E-state index is 6.00. The van der Waals surface area contributed by atoms with Crippen LogP contribution in [0.15, 0.2) is 22.0 Å². The average Bonchev–Trinajstić information content (AvgIpc) is 3.04. The van der Waals surface area contributed by atoms with Crippen molar-refractivity contribution in [3.8, 4) is 11.5 Å². The lowest BCUT2D eigenvalue weighted by Gasteiger charge is -2.03. The number of aromatic nitrogens is 3. The monoisotopic (exact) mass is 340 g/mol. The first-order valence-corrected chi connectivity index (χ1v) is 7.65. The Balaban J connectivity index is 1.91. The number of halogens is 2. The number of hydrogen-bond donors (Lipinski definition) is 1. The summed E-state index contributed by atoms with van der Waals surface area (Å²) in [7, 11) is 0. The van der Waals surface area contributed by atoms with Crippen molar-refractivity contribution in [3.63, 3.8) is 0 Å². The second kappa shape index (κ2) is 5.63. The highest BCUT2D eigenvalue weighted by Crippen LogP contribution is 2.34. The van der Waals surface area contributed by atoms with E-state index in [2.05, 4.69) is 15.1 Å². The third kappa shape index (κ3) is 3.02. The predicted molar refractivity (Wildman–Crippen MR) is 83.8 cm³/mol. The second-order valence-corrected chi connectivity index (χ2v) is 6.31. The van der Waals surface area contributed by atoms with Gasteiger partial charge in [0.25, 0.3) is 5.89 Å². The molecule has 5 nitrogen and oxygen atoms in total. The lowest BCUT2D eigenvalue weighted by atomic mass is 10.2. The second-order valence-electron chi connectivity index (χ2n) is 4.40. The van der Waals surface area contributed by atoms with Crippen LogP contribution in [0.2, 0.25) is 10.0 Å². The zero-order valence-corrected chi connectivity index (χ0v) is 13.3. The van der Waals surface area contributed by atoms with Crippen LogP contribution >= 0.6 is 34.5 Å². The Morgan fingerprint density at radius 1 is 1.29 bits per heavy atom. The van der Waals surface area contributed by atoms with Crippen molar-refractivity contribution in [1.29, 1.82) is 0 Å².